The van der Waals surface area contributed by atoms with Crippen molar-refractivity contribution in [3.05, 3.63) is 56.1 Å². The number of imidazole rings is 1. The molecule has 0 saturated carbocycles. The van der Waals surface area contributed by atoms with Crippen molar-refractivity contribution in [3.63, 3.8) is 0 Å². The maximum absolute atomic E-state index is 13.9. The minimum Gasteiger partial charge on any atom is -0.296 e. The number of halogens is 4. The Bertz CT molecular complexity index is 802. The highest BCUT2D eigenvalue weighted by Gasteiger charge is 2.14. The summed E-state index contributed by atoms with van der Waals surface area (Å²) in [5.74, 6) is 1.07. The predicted molar refractivity (Wildman–Crippen MR) is 95.9 cm³/mol. The summed E-state index contributed by atoms with van der Waals surface area (Å²) in [6.07, 6.45) is 0.629. The first-order valence-electron chi connectivity index (χ1n) is 6.28. The summed E-state index contributed by atoms with van der Waals surface area (Å²) in [5.41, 5.74) is 2.49. The van der Waals surface area contributed by atoms with E-state index in [-0.39, 0.29) is 5.82 Å². The Morgan fingerprint density at radius 1 is 1.24 bits per heavy atom. The first-order chi connectivity index (χ1) is 10.1. The van der Waals surface area contributed by atoms with Crippen LogP contribution in [0.4, 0.5) is 4.39 Å². The van der Waals surface area contributed by atoms with E-state index in [1.165, 1.54) is 6.07 Å². The molecule has 6 heteroatoms. The SMILES string of the molecule is Fc1cc2c(cc1I)nc(CCCl)n2-c1ccc(Br)cc1. The second-order valence-corrected chi connectivity index (χ2v) is 6.99. The van der Waals surface area contributed by atoms with E-state index in [4.69, 9.17) is 11.6 Å². The molecule has 0 saturated heterocycles. The molecule has 0 radical (unpaired) electrons. The van der Waals surface area contributed by atoms with Crippen molar-refractivity contribution in [2.75, 3.05) is 5.88 Å². The van der Waals surface area contributed by atoms with E-state index in [1.807, 2.05) is 51.4 Å². The largest absolute Gasteiger partial charge is 0.296 e. The van der Waals surface area contributed by atoms with E-state index in [0.29, 0.717) is 15.9 Å². The molecule has 1 aromatic heterocycles. The number of alkyl halides is 1. The number of hydrogen-bond acceptors (Lipinski definition) is 1. The van der Waals surface area contributed by atoms with E-state index in [9.17, 15) is 4.39 Å². The fourth-order valence-electron chi connectivity index (χ4n) is 2.25. The van der Waals surface area contributed by atoms with Crippen LogP contribution in [0.15, 0.2) is 40.9 Å². The van der Waals surface area contributed by atoms with Crippen molar-refractivity contribution in [3.8, 4) is 5.69 Å². The van der Waals surface area contributed by atoms with Gasteiger partial charge in [-0.1, -0.05) is 15.9 Å². The number of rotatable bonds is 3. The quantitative estimate of drug-likeness (QED) is 0.368. The van der Waals surface area contributed by atoms with Crippen molar-refractivity contribution in [1.82, 2.24) is 9.55 Å². The van der Waals surface area contributed by atoms with Gasteiger partial charge in [0, 0.05) is 28.5 Å². The van der Waals surface area contributed by atoms with Gasteiger partial charge in [0.1, 0.15) is 11.6 Å². The van der Waals surface area contributed by atoms with Gasteiger partial charge < -0.3 is 0 Å². The van der Waals surface area contributed by atoms with Crippen molar-refractivity contribution in [2.24, 2.45) is 0 Å². The van der Waals surface area contributed by atoms with E-state index in [1.54, 1.807) is 6.07 Å². The maximum atomic E-state index is 13.9. The van der Waals surface area contributed by atoms with Gasteiger partial charge in [-0.2, -0.15) is 0 Å². The van der Waals surface area contributed by atoms with E-state index in [2.05, 4.69) is 20.9 Å². The van der Waals surface area contributed by atoms with Crippen molar-refractivity contribution in [2.45, 2.75) is 6.42 Å². The highest BCUT2D eigenvalue weighted by Crippen LogP contribution is 2.26. The summed E-state index contributed by atoms with van der Waals surface area (Å²) < 4.78 is 17.4. The van der Waals surface area contributed by atoms with Crippen LogP contribution in [0.5, 0.6) is 0 Å². The molecule has 1 heterocycles. The van der Waals surface area contributed by atoms with E-state index < -0.39 is 0 Å². The Hall–Kier alpha value is -0.660. The average molecular weight is 480 g/mol. The molecule has 0 spiro atoms. The number of nitrogens with zero attached hydrogens (tertiary/aromatic N) is 2. The Morgan fingerprint density at radius 3 is 2.62 bits per heavy atom. The molecule has 3 aromatic rings. The van der Waals surface area contributed by atoms with Gasteiger partial charge in [0.15, 0.2) is 0 Å². The van der Waals surface area contributed by atoms with Crippen LogP contribution in [-0.4, -0.2) is 15.4 Å². The highest BCUT2D eigenvalue weighted by atomic mass is 127. The molecule has 0 unspecified atom stereocenters. The molecule has 0 aliphatic carbocycles. The number of hydrogen-bond donors (Lipinski definition) is 0. The molecule has 0 amide bonds. The Morgan fingerprint density at radius 2 is 1.95 bits per heavy atom. The van der Waals surface area contributed by atoms with Gasteiger partial charge in [-0.05, 0) is 52.9 Å². The van der Waals surface area contributed by atoms with Crippen LogP contribution >= 0.6 is 50.1 Å². The van der Waals surface area contributed by atoms with Gasteiger partial charge in [0.05, 0.1) is 14.6 Å². The molecule has 0 bridgehead atoms. The third-order valence-corrected chi connectivity index (χ3v) is 4.71. The second-order valence-electron chi connectivity index (χ2n) is 4.53. The number of benzene rings is 2. The van der Waals surface area contributed by atoms with Crippen LogP contribution in [0, 0.1) is 9.39 Å². The molecule has 21 heavy (non-hydrogen) atoms. The maximum Gasteiger partial charge on any atom is 0.138 e. The van der Waals surface area contributed by atoms with E-state index in [0.717, 1.165) is 27.0 Å². The third-order valence-electron chi connectivity index (χ3n) is 3.17. The monoisotopic (exact) mass is 478 g/mol. The third kappa shape index (κ3) is 2.96. The van der Waals surface area contributed by atoms with Gasteiger partial charge in [0.25, 0.3) is 0 Å². The van der Waals surface area contributed by atoms with Crippen LogP contribution in [0.1, 0.15) is 5.82 Å². The Balaban J connectivity index is 2.29. The lowest BCUT2D eigenvalue weighted by Crippen LogP contribution is -2.02. The molecular formula is C15H10BrClFIN2. The first kappa shape index (κ1) is 15.2. The smallest absolute Gasteiger partial charge is 0.138 e. The Labute approximate surface area is 148 Å². The molecule has 0 N–H and O–H groups in total. The standard InChI is InChI=1S/C15H10BrClFIN2/c16-9-1-3-10(4-2-9)21-14-7-11(18)12(19)8-13(14)20-15(21)5-6-17/h1-4,7-8H,5-6H2. The fourth-order valence-corrected chi connectivity index (χ4v) is 3.14. The van der Waals surface area contributed by atoms with Gasteiger partial charge >= 0.3 is 0 Å². The van der Waals surface area contributed by atoms with Crippen molar-refractivity contribution >= 4 is 61.2 Å². The zero-order valence-corrected chi connectivity index (χ0v) is 15.3. The zero-order valence-electron chi connectivity index (χ0n) is 10.8. The minimum absolute atomic E-state index is 0.237. The topological polar surface area (TPSA) is 17.8 Å². The molecule has 2 nitrogen and oxygen atoms in total. The van der Waals surface area contributed by atoms with Gasteiger partial charge in [0.2, 0.25) is 0 Å². The fraction of sp³-hybridized carbons (Fsp3) is 0.133. The molecule has 0 aliphatic heterocycles. The lowest BCUT2D eigenvalue weighted by Gasteiger charge is -2.09. The predicted octanol–water partition coefficient (Wildman–Crippen LogP) is 5.31. The summed E-state index contributed by atoms with van der Waals surface area (Å²) >= 11 is 11.3. The van der Waals surface area contributed by atoms with Crippen LogP contribution in [0.2, 0.25) is 0 Å². The lowest BCUT2D eigenvalue weighted by molar-refractivity contribution is 0.621. The number of fused-ring (bicyclic) bond motifs is 1. The van der Waals surface area contributed by atoms with Crippen molar-refractivity contribution < 1.29 is 4.39 Å². The van der Waals surface area contributed by atoms with Crippen LogP contribution < -0.4 is 0 Å². The second kappa shape index (κ2) is 6.22. The molecular weight excluding hydrogens is 469 g/mol. The summed E-state index contributed by atoms with van der Waals surface area (Å²) in [6, 6.07) is 11.1. The van der Waals surface area contributed by atoms with Gasteiger partial charge in [-0.15, -0.1) is 11.6 Å². The molecule has 0 atom stereocenters. The summed E-state index contributed by atoms with van der Waals surface area (Å²) in [7, 11) is 0. The van der Waals surface area contributed by atoms with Gasteiger partial charge in [-0.25, -0.2) is 9.37 Å². The lowest BCUT2D eigenvalue weighted by atomic mass is 10.2. The summed E-state index contributed by atoms with van der Waals surface area (Å²) in [5, 5.41) is 0. The zero-order chi connectivity index (χ0) is 15.0. The molecule has 108 valence electrons. The summed E-state index contributed by atoms with van der Waals surface area (Å²) in [4.78, 5) is 4.60. The Kier molecular flexibility index (Phi) is 4.51. The highest BCUT2D eigenvalue weighted by molar-refractivity contribution is 14.1. The number of aromatic nitrogens is 2. The normalized spacial score (nSPS) is 11.2. The molecule has 0 fully saturated rings. The molecule has 3 rings (SSSR count). The number of aryl methyl sites for hydroxylation is 1. The van der Waals surface area contributed by atoms with Gasteiger partial charge in [-0.3, -0.25) is 4.57 Å². The minimum atomic E-state index is -0.237. The van der Waals surface area contributed by atoms with Crippen LogP contribution in [0.3, 0.4) is 0 Å². The molecule has 0 aliphatic rings. The van der Waals surface area contributed by atoms with E-state index >= 15 is 0 Å². The summed E-state index contributed by atoms with van der Waals surface area (Å²) in [6.45, 7) is 0. The first-order valence-corrected chi connectivity index (χ1v) is 8.69. The van der Waals surface area contributed by atoms with Crippen LogP contribution in [-0.2, 0) is 6.42 Å². The van der Waals surface area contributed by atoms with Crippen molar-refractivity contribution in [1.29, 1.82) is 0 Å². The average Bonchev–Trinajstić information content (AvgIpc) is 2.78. The molecule has 2 aromatic carbocycles. The van der Waals surface area contributed by atoms with Crippen LogP contribution in [0.25, 0.3) is 16.7 Å².